The van der Waals surface area contributed by atoms with Gasteiger partial charge in [-0.3, -0.25) is 0 Å². The molecule has 0 heterocycles. The summed E-state index contributed by atoms with van der Waals surface area (Å²) in [7, 11) is 12.3. The number of hydrogen-bond acceptors (Lipinski definition) is 5. The second-order valence-electron chi connectivity index (χ2n) is 6.78. The minimum Gasteiger partial charge on any atom is -0.495 e. The maximum Gasteiger partial charge on any atom is 0.139 e. The van der Waals surface area contributed by atoms with Gasteiger partial charge in [0.1, 0.15) is 5.76 Å². The van der Waals surface area contributed by atoms with Gasteiger partial charge in [0.05, 0.1) is 12.8 Å². The minimum absolute atomic E-state index is 0.571. The number of methoxy groups -OCH3 is 1. The van der Waals surface area contributed by atoms with Gasteiger partial charge >= 0.3 is 0 Å². The van der Waals surface area contributed by atoms with Crippen LogP contribution < -0.4 is 5.32 Å². The quantitative estimate of drug-likeness (QED) is 0.436. The maximum absolute atomic E-state index is 5.50. The van der Waals surface area contributed by atoms with Gasteiger partial charge in [-0.05, 0) is 47.8 Å². The largest absolute Gasteiger partial charge is 0.495 e. The lowest BCUT2D eigenvalue weighted by molar-refractivity contribution is 0.207. The average molecular weight is 341 g/mol. The van der Waals surface area contributed by atoms with Crippen molar-refractivity contribution < 1.29 is 4.74 Å². The van der Waals surface area contributed by atoms with Crippen molar-refractivity contribution in [3.8, 4) is 0 Å². The van der Waals surface area contributed by atoms with E-state index in [-0.39, 0.29) is 0 Å². The van der Waals surface area contributed by atoms with Crippen LogP contribution in [-0.2, 0) is 4.74 Å². The van der Waals surface area contributed by atoms with E-state index in [0.29, 0.717) is 6.04 Å². The molecule has 1 atom stereocenters. The fraction of sp³-hybridized carbons (Fsp3) is 0.789. The Hall–Kier alpha value is -1.20. The molecule has 5 heteroatoms. The average Bonchev–Trinajstić information content (AvgIpc) is 2.57. The van der Waals surface area contributed by atoms with E-state index in [9.17, 15) is 0 Å². The van der Waals surface area contributed by atoms with Crippen molar-refractivity contribution in [3.05, 3.63) is 23.2 Å². The summed E-state index contributed by atoms with van der Waals surface area (Å²) in [5.74, 6) is 0.900. The van der Waals surface area contributed by atoms with Crippen LogP contribution in [0.5, 0.6) is 0 Å². The summed E-state index contributed by atoms with van der Waals surface area (Å²) in [5.41, 5.74) is 2.35. The lowest BCUT2D eigenvalue weighted by Gasteiger charge is -2.29. The van der Waals surface area contributed by atoms with E-state index < -0.39 is 0 Å². The molecule has 142 valence electrons. The van der Waals surface area contributed by atoms with Crippen molar-refractivity contribution in [1.82, 2.24) is 20.0 Å². The fourth-order valence-electron chi connectivity index (χ4n) is 2.40. The molecule has 0 fully saturated rings. The fourth-order valence-corrected chi connectivity index (χ4v) is 2.40. The van der Waals surface area contributed by atoms with Gasteiger partial charge in [0.25, 0.3) is 0 Å². The minimum atomic E-state index is 0.571. The molecule has 0 aliphatic carbocycles. The molecule has 0 aromatic heterocycles. The van der Waals surface area contributed by atoms with Crippen LogP contribution in [0.15, 0.2) is 23.2 Å². The summed E-state index contributed by atoms with van der Waals surface area (Å²) in [6.07, 6.45) is 4.28. The molecule has 1 unspecified atom stereocenters. The lowest BCUT2D eigenvalue weighted by atomic mass is 10.1. The first-order valence-corrected chi connectivity index (χ1v) is 8.96. The Labute approximate surface area is 150 Å². The van der Waals surface area contributed by atoms with Crippen molar-refractivity contribution >= 4 is 0 Å². The molecule has 0 aromatic carbocycles. The molecule has 0 bridgehead atoms. The van der Waals surface area contributed by atoms with Crippen LogP contribution in [0.3, 0.4) is 0 Å². The summed E-state index contributed by atoms with van der Waals surface area (Å²) in [5, 5.41) is 3.15. The van der Waals surface area contributed by atoms with Crippen LogP contribution in [-0.4, -0.2) is 82.7 Å². The molecule has 0 aromatic rings. The predicted octanol–water partition coefficient (Wildman–Crippen LogP) is 2.58. The molecule has 0 aliphatic rings. The Morgan fingerprint density at radius 2 is 1.75 bits per heavy atom. The van der Waals surface area contributed by atoms with Crippen LogP contribution in [0, 0.1) is 0 Å². The number of allylic oxidation sites excluding steroid dienone is 3. The first-order chi connectivity index (χ1) is 11.3. The summed E-state index contributed by atoms with van der Waals surface area (Å²) in [6, 6.07) is 0.571. The van der Waals surface area contributed by atoms with Crippen molar-refractivity contribution in [2.45, 2.75) is 39.7 Å². The molecule has 0 radical (unpaired) electrons. The van der Waals surface area contributed by atoms with Gasteiger partial charge in [-0.25, -0.2) is 0 Å². The van der Waals surface area contributed by atoms with E-state index in [0.717, 1.165) is 43.9 Å². The summed E-state index contributed by atoms with van der Waals surface area (Å²) in [6.45, 7) is 9.78. The third-order valence-electron chi connectivity index (χ3n) is 4.65. The van der Waals surface area contributed by atoms with E-state index >= 15 is 0 Å². The van der Waals surface area contributed by atoms with Crippen LogP contribution in [0.1, 0.15) is 33.6 Å². The highest BCUT2D eigenvalue weighted by Crippen LogP contribution is 2.14. The Kier molecular flexibility index (Phi) is 11.6. The Balaban J connectivity index is 4.68. The Morgan fingerprint density at radius 3 is 2.21 bits per heavy atom. The van der Waals surface area contributed by atoms with Crippen LogP contribution in [0.4, 0.5) is 0 Å². The molecule has 0 aliphatic heterocycles. The number of ether oxygens (including phenoxy) is 1. The molecule has 0 saturated carbocycles. The van der Waals surface area contributed by atoms with Gasteiger partial charge in [-0.2, -0.15) is 0 Å². The number of hydrogen-bond donors (Lipinski definition) is 1. The standard InChI is InChI=1S/C19H40N4O/c1-10-18(15-19(24-9)17(3)20-4)23(8)12-11-16(2)22(7)14-13-21(5)6/h15-16,20H,10-14H2,1-9H3/b18-15+,19-17-. The van der Waals surface area contributed by atoms with Crippen molar-refractivity contribution in [2.75, 3.05) is 62.0 Å². The molecule has 24 heavy (non-hydrogen) atoms. The van der Waals surface area contributed by atoms with Gasteiger partial charge < -0.3 is 24.8 Å². The summed E-state index contributed by atoms with van der Waals surface area (Å²) < 4.78 is 5.50. The SMILES string of the molecule is CC/C(=C\C(OC)=C(/C)NC)N(C)CCC(C)N(C)CCN(C)C. The van der Waals surface area contributed by atoms with Gasteiger partial charge in [0.15, 0.2) is 0 Å². The van der Waals surface area contributed by atoms with Crippen molar-refractivity contribution in [1.29, 1.82) is 0 Å². The first-order valence-electron chi connectivity index (χ1n) is 8.96. The van der Waals surface area contributed by atoms with E-state index in [4.69, 9.17) is 4.74 Å². The van der Waals surface area contributed by atoms with Crippen LogP contribution in [0.25, 0.3) is 0 Å². The molecule has 0 amide bonds. The number of nitrogens with zero attached hydrogens (tertiary/aromatic N) is 3. The zero-order valence-electron chi connectivity index (χ0n) is 17.4. The lowest BCUT2D eigenvalue weighted by Crippen LogP contribution is -2.37. The van der Waals surface area contributed by atoms with Gasteiger partial charge in [0, 0.05) is 51.5 Å². The van der Waals surface area contributed by atoms with Gasteiger partial charge in [0.2, 0.25) is 0 Å². The summed E-state index contributed by atoms with van der Waals surface area (Å²) in [4.78, 5) is 7.02. The summed E-state index contributed by atoms with van der Waals surface area (Å²) >= 11 is 0. The zero-order valence-corrected chi connectivity index (χ0v) is 17.4. The van der Waals surface area contributed by atoms with E-state index in [1.807, 2.05) is 14.0 Å². The van der Waals surface area contributed by atoms with Gasteiger partial charge in [-0.15, -0.1) is 0 Å². The third-order valence-corrected chi connectivity index (χ3v) is 4.65. The molecule has 0 spiro atoms. The molecule has 1 N–H and O–H groups in total. The Bertz CT molecular complexity index is 404. The number of nitrogens with one attached hydrogen (secondary N) is 1. The highest BCUT2D eigenvalue weighted by molar-refractivity contribution is 5.21. The first kappa shape index (κ1) is 22.8. The number of likely N-dealkylation sites (N-methyl/N-ethyl adjacent to an activating group) is 2. The van der Waals surface area contributed by atoms with Crippen LogP contribution >= 0.6 is 0 Å². The predicted molar refractivity (Wildman–Crippen MR) is 105 cm³/mol. The second-order valence-corrected chi connectivity index (χ2v) is 6.78. The van der Waals surface area contributed by atoms with Crippen molar-refractivity contribution in [3.63, 3.8) is 0 Å². The van der Waals surface area contributed by atoms with E-state index in [1.54, 1.807) is 7.11 Å². The monoisotopic (exact) mass is 340 g/mol. The maximum atomic E-state index is 5.50. The van der Waals surface area contributed by atoms with Crippen molar-refractivity contribution in [2.24, 2.45) is 0 Å². The van der Waals surface area contributed by atoms with Crippen LogP contribution in [0.2, 0.25) is 0 Å². The van der Waals surface area contributed by atoms with E-state index in [2.05, 4.69) is 68.1 Å². The molecular weight excluding hydrogens is 300 g/mol. The molecule has 5 nitrogen and oxygen atoms in total. The van der Waals surface area contributed by atoms with E-state index in [1.165, 1.54) is 5.70 Å². The van der Waals surface area contributed by atoms with Gasteiger partial charge in [-0.1, -0.05) is 6.92 Å². The topological polar surface area (TPSA) is 31.0 Å². The molecular formula is C19H40N4O. The second kappa shape index (κ2) is 12.2. The smallest absolute Gasteiger partial charge is 0.139 e. The number of rotatable bonds is 12. The molecule has 0 saturated heterocycles. The Morgan fingerprint density at radius 1 is 1.12 bits per heavy atom. The normalized spacial score (nSPS) is 14.7. The third kappa shape index (κ3) is 8.60. The highest BCUT2D eigenvalue weighted by atomic mass is 16.5. The molecule has 0 rings (SSSR count). The zero-order chi connectivity index (χ0) is 18.7. The highest BCUT2D eigenvalue weighted by Gasteiger charge is 2.12.